The van der Waals surface area contributed by atoms with Crippen molar-refractivity contribution in [1.29, 1.82) is 0 Å². The summed E-state index contributed by atoms with van der Waals surface area (Å²) in [7, 11) is 2.00. The van der Waals surface area contributed by atoms with Crippen molar-refractivity contribution in [2.24, 2.45) is 7.05 Å². The zero-order valence-electron chi connectivity index (χ0n) is 9.44. The van der Waals surface area contributed by atoms with Gasteiger partial charge in [-0.25, -0.2) is 0 Å². The van der Waals surface area contributed by atoms with E-state index in [2.05, 4.69) is 35.2 Å². The number of thioether (sulfide) groups is 1. The molecular weight excluding hydrogens is 206 g/mol. The quantitative estimate of drug-likeness (QED) is 0.850. The van der Waals surface area contributed by atoms with Crippen molar-refractivity contribution in [1.82, 2.24) is 15.1 Å². The van der Waals surface area contributed by atoms with Crippen LogP contribution in [0.5, 0.6) is 0 Å². The van der Waals surface area contributed by atoms with E-state index in [0.717, 1.165) is 11.8 Å². The van der Waals surface area contributed by atoms with Gasteiger partial charge in [0, 0.05) is 31.1 Å². The van der Waals surface area contributed by atoms with Crippen LogP contribution in [0.2, 0.25) is 0 Å². The molecule has 1 N–H and O–H groups in total. The van der Waals surface area contributed by atoms with Crippen LogP contribution in [0, 0.1) is 0 Å². The Balaban J connectivity index is 1.84. The van der Waals surface area contributed by atoms with Crippen molar-refractivity contribution in [3.8, 4) is 0 Å². The molecule has 0 saturated carbocycles. The van der Waals surface area contributed by atoms with Gasteiger partial charge < -0.3 is 5.32 Å². The first kappa shape index (κ1) is 11.0. The van der Waals surface area contributed by atoms with Gasteiger partial charge in [-0.2, -0.15) is 16.9 Å². The van der Waals surface area contributed by atoms with Crippen LogP contribution >= 0.6 is 11.8 Å². The summed E-state index contributed by atoms with van der Waals surface area (Å²) in [6, 6.07) is 2.74. The van der Waals surface area contributed by atoms with Crippen molar-refractivity contribution in [2.45, 2.75) is 37.6 Å². The second-order valence-corrected chi connectivity index (χ2v) is 5.64. The lowest BCUT2D eigenvalue weighted by Crippen LogP contribution is -2.39. The van der Waals surface area contributed by atoms with Gasteiger partial charge in [-0.05, 0) is 24.7 Å². The predicted molar refractivity (Wildman–Crippen MR) is 65.0 cm³/mol. The van der Waals surface area contributed by atoms with Crippen LogP contribution in [-0.2, 0) is 13.6 Å². The molecule has 1 aromatic rings. The zero-order chi connectivity index (χ0) is 10.7. The Hall–Kier alpha value is -0.480. The summed E-state index contributed by atoms with van der Waals surface area (Å²) in [5.74, 6) is 1.32. The van der Waals surface area contributed by atoms with Crippen LogP contribution in [0.3, 0.4) is 0 Å². The summed E-state index contributed by atoms with van der Waals surface area (Å²) >= 11 is 2.08. The van der Waals surface area contributed by atoms with E-state index in [1.54, 1.807) is 0 Å². The smallest absolute Gasteiger partial charge is 0.0518 e. The van der Waals surface area contributed by atoms with Gasteiger partial charge in [-0.15, -0.1) is 0 Å². The van der Waals surface area contributed by atoms with Crippen LogP contribution in [0.15, 0.2) is 12.3 Å². The van der Waals surface area contributed by atoms with Gasteiger partial charge >= 0.3 is 0 Å². The fourth-order valence-corrected chi connectivity index (χ4v) is 3.17. The largest absolute Gasteiger partial charge is 0.307 e. The van der Waals surface area contributed by atoms with Gasteiger partial charge in [0.05, 0.1) is 5.69 Å². The first-order valence-corrected chi connectivity index (χ1v) is 6.64. The van der Waals surface area contributed by atoms with E-state index in [9.17, 15) is 0 Å². The topological polar surface area (TPSA) is 29.9 Å². The Morgan fingerprint density at radius 1 is 1.67 bits per heavy atom. The lowest BCUT2D eigenvalue weighted by molar-refractivity contribution is 0.453. The second-order valence-electron chi connectivity index (χ2n) is 4.15. The molecule has 15 heavy (non-hydrogen) atoms. The minimum absolute atomic E-state index is 0.665. The summed E-state index contributed by atoms with van der Waals surface area (Å²) in [4.78, 5) is 0. The van der Waals surface area contributed by atoms with Gasteiger partial charge in [0.1, 0.15) is 0 Å². The molecule has 2 rings (SSSR count). The van der Waals surface area contributed by atoms with Crippen LogP contribution in [-0.4, -0.2) is 26.8 Å². The minimum atomic E-state index is 0.665. The lowest BCUT2D eigenvalue weighted by atomic mass is 10.1. The zero-order valence-corrected chi connectivity index (χ0v) is 10.3. The number of nitrogens with zero attached hydrogens (tertiary/aromatic N) is 2. The van der Waals surface area contributed by atoms with Crippen molar-refractivity contribution in [3.05, 3.63) is 18.0 Å². The second kappa shape index (κ2) is 5.03. The van der Waals surface area contributed by atoms with Crippen LogP contribution in [0.1, 0.15) is 25.5 Å². The Kier molecular flexibility index (Phi) is 3.70. The van der Waals surface area contributed by atoms with Crippen molar-refractivity contribution >= 4 is 11.8 Å². The maximum Gasteiger partial charge on any atom is 0.0518 e. The Bertz CT molecular complexity index is 311. The van der Waals surface area contributed by atoms with Gasteiger partial charge in [-0.1, -0.05) is 6.92 Å². The highest BCUT2D eigenvalue weighted by atomic mass is 32.2. The van der Waals surface area contributed by atoms with Crippen LogP contribution in [0.4, 0.5) is 0 Å². The summed E-state index contributed by atoms with van der Waals surface area (Å²) in [5, 5.41) is 8.55. The average Bonchev–Trinajstić information content (AvgIpc) is 2.63. The highest BCUT2D eigenvalue weighted by molar-refractivity contribution is 7.99. The predicted octanol–water partition coefficient (Wildman–Crippen LogP) is 1.79. The van der Waals surface area contributed by atoms with E-state index < -0.39 is 0 Å². The maximum atomic E-state index is 4.17. The number of rotatable bonds is 3. The molecule has 0 radical (unpaired) electrons. The van der Waals surface area contributed by atoms with Crippen LogP contribution in [0.25, 0.3) is 0 Å². The third-order valence-electron chi connectivity index (χ3n) is 3.07. The minimum Gasteiger partial charge on any atom is -0.307 e. The molecule has 1 aliphatic rings. The fourth-order valence-electron chi connectivity index (χ4n) is 2.00. The summed E-state index contributed by atoms with van der Waals surface area (Å²) < 4.78 is 1.94. The summed E-state index contributed by atoms with van der Waals surface area (Å²) in [6.07, 6.45) is 4.51. The molecule has 0 amide bonds. The first-order chi connectivity index (χ1) is 7.27. The SMILES string of the molecule is CC1SCCCC1NCc1ccnn1C. The molecule has 2 heterocycles. The number of aryl methyl sites for hydroxylation is 1. The Morgan fingerprint density at radius 3 is 3.20 bits per heavy atom. The molecule has 1 fully saturated rings. The third kappa shape index (κ3) is 2.75. The number of hydrogen-bond donors (Lipinski definition) is 1. The molecule has 3 nitrogen and oxygen atoms in total. The molecule has 1 aromatic heterocycles. The van der Waals surface area contributed by atoms with Gasteiger partial charge in [0.15, 0.2) is 0 Å². The summed E-state index contributed by atoms with van der Waals surface area (Å²) in [5.41, 5.74) is 1.26. The van der Waals surface area contributed by atoms with E-state index in [1.807, 2.05) is 17.9 Å². The summed E-state index contributed by atoms with van der Waals surface area (Å²) in [6.45, 7) is 3.26. The molecular formula is C11H19N3S. The molecule has 1 saturated heterocycles. The first-order valence-electron chi connectivity index (χ1n) is 5.59. The van der Waals surface area contributed by atoms with Gasteiger partial charge in [-0.3, -0.25) is 4.68 Å². The highest BCUT2D eigenvalue weighted by Gasteiger charge is 2.21. The average molecular weight is 225 g/mol. The lowest BCUT2D eigenvalue weighted by Gasteiger charge is -2.29. The molecule has 0 bridgehead atoms. The van der Waals surface area contributed by atoms with E-state index in [-0.39, 0.29) is 0 Å². The van der Waals surface area contributed by atoms with Crippen molar-refractivity contribution in [2.75, 3.05) is 5.75 Å². The molecule has 1 aliphatic heterocycles. The van der Waals surface area contributed by atoms with E-state index in [1.165, 1.54) is 24.3 Å². The third-order valence-corrected chi connectivity index (χ3v) is 4.45. The highest BCUT2D eigenvalue weighted by Crippen LogP contribution is 2.25. The normalized spacial score (nSPS) is 26.8. The fraction of sp³-hybridized carbons (Fsp3) is 0.727. The molecule has 2 unspecified atom stereocenters. The maximum absolute atomic E-state index is 4.17. The Labute approximate surface area is 95.6 Å². The number of aromatic nitrogens is 2. The van der Waals surface area contributed by atoms with Gasteiger partial charge in [0.2, 0.25) is 0 Å². The molecule has 2 atom stereocenters. The molecule has 4 heteroatoms. The Morgan fingerprint density at radius 2 is 2.53 bits per heavy atom. The van der Waals surface area contributed by atoms with E-state index in [4.69, 9.17) is 0 Å². The van der Waals surface area contributed by atoms with Crippen LogP contribution < -0.4 is 5.32 Å². The number of nitrogens with one attached hydrogen (secondary N) is 1. The van der Waals surface area contributed by atoms with Crippen molar-refractivity contribution in [3.63, 3.8) is 0 Å². The van der Waals surface area contributed by atoms with Gasteiger partial charge in [0.25, 0.3) is 0 Å². The van der Waals surface area contributed by atoms with E-state index in [0.29, 0.717) is 6.04 Å². The molecule has 0 aromatic carbocycles. The molecule has 0 aliphatic carbocycles. The molecule has 84 valence electrons. The van der Waals surface area contributed by atoms with Crippen molar-refractivity contribution < 1.29 is 0 Å². The van der Waals surface area contributed by atoms with E-state index >= 15 is 0 Å². The number of hydrogen-bond acceptors (Lipinski definition) is 3. The molecule has 0 spiro atoms. The standard InChI is InChI=1S/C11H19N3S/c1-9-11(4-3-7-15-9)12-8-10-5-6-13-14(10)2/h5-6,9,11-12H,3-4,7-8H2,1-2H3. The monoisotopic (exact) mass is 225 g/mol.